The predicted octanol–water partition coefficient (Wildman–Crippen LogP) is 4.09. The van der Waals surface area contributed by atoms with Crippen molar-refractivity contribution in [2.24, 2.45) is 0 Å². The molecule has 1 aromatic carbocycles. The number of ether oxygens (including phenoxy) is 1. The summed E-state index contributed by atoms with van der Waals surface area (Å²) in [6.07, 6.45) is 2.08. The summed E-state index contributed by atoms with van der Waals surface area (Å²) in [5.74, 6) is -0.823. The van der Waals surface area contributed by atoms with Crippen molar-refractivity contribution in [2.45, 2.75) is 13.0 Å². The summed E-state index contributed by atoms with van der Waals surface area (Å²) in [6, 6.07) is 11.5. The Hall–Kier alpha value is -2.84. The van der Waals surface area contributed by atoms with E-state index in [4.69, 9.17) is 4.74 Å². The first-order chi connectivity index (χ1) is 12.6. The van der Waals surface area contributed by atoms with Gasteiger partial charge in [0.2, 0.25) is 5.95 Å². The molecule has 0 aliphatic rings. The van der Waals surface area contributed by atoms with Gasteiger partial charge in [-0.2, -0.15) is 0 Å². The van der Waals surface area contributed by atoms with Gasteiger partial charge in [-0.05, 0) is 25.1 Å². The molecule has 130 valence electrons. The van der Waals surface area contributed by atoms with Crippen LogP contribution in [0, 0.1) is 0 Å². The van der Waals surface area contributed by atoms with Crippen LogP contribution in [0.4, 0.5) is 5.95 Å². The molecule has 4 rings (SSSR count). The van der Waals surface area contributed by atoms with Gasteiger partial charge in [-0.1, -0.05) is 18.2 Å². The minimum absolute atomic E-state index is 0.170. The van der Waals surface area contributed by atoms with Crippen LogP contribution in [-0.4, -0.2) is 27.9 Å². The summed E-state index contributed by atoms with van der Waals surface area (Å²) in [7, 11) is 0. The van der Waals surface area contributed by atoms with Crippen molar-refractivity contribution in [3.05, 3.63) is 53.7 Å². The topological polar surface area (TPSA) is 81.2 Å². The van der Waals surface area contributed by atoms with E-state index < -0.39 is 18.0 Å². The van der Waals surface area contributed by atoms with Gasteiger partial charge < -0.3 is 4.74 Å². The van der Waals surface area contributed by atoms with E-state index in [2.05, 4.69) is 21.4 Å². The molecule has 1 N–H and O–H groups in total. The normalized spacial score (nSPS) is 12.2. The lowest BCUT2D eigenvalue weighted by Gasteiger charge is -2.11. The molecule has 0 spiro atoms. The van der Waals surface area contributed by atoms with E-state index in [0.717, 1.165) is 14.8 Å². The van der Waals surface area contributed by atoms with E-state index in [1.54, 1.807) is 17.4 Å². The Labute approximate surface area is 156 Å². The second-order valence-corrected chi connectivity index (χ2v) is 7.65. The molecular formula is C18H13N3O3S2. The minimum Gasteiger partial charge on any atom is -0.448 e. The number of fused-ring (bicyclic) bond motifs is 3. The molecule has 0 bridgehead atoms. The number of hydrogen-bond acceptors (Lipinski definition) is 7. The summed E-state index contributed by atoms with van der Waals surface area (Å²) >= 11 is 3.01. The number of rotatable bonds is 4. The van der Waals surface area contributed by atoms with Gasteiger partial charge >= 0.3 is 5.97 Å². The maximum atomic E-state index is 12.4. The third-order valence-corrected chi connectivity index (χ3v) is 6.10. The third kappa shape index (κ3) is 3.16. The highest BCUT2D eigenvalue weighted by Crippen LogP contribution is 2.39. The summed E-state index contributed by atoms with van der Waals surface area (Å²) < 4.78 is 8.58. The lowest BCUT2D eigenvalue weighted by molar-refractivity contribution is -0.123. The first kappa shape index (κ1) is 16.6. The molecule has 3 aromatic heterocycles. The molecule has 4 aromatic rings. The van der Waals surface area contributed by atoms with E-state index in [1.807, 2.05) is 24.3 Å². The number of carbonyl (C=O) groups is 2. The van der Waals surface area contributed by atoms with Crippen molar-refractivity contribution in [1.82, 2.24) is 9.97 Å². The zero-order chi connectivity index (χ0) is 18.1. The molecular weight excluding hydrogens is 370 g/mol. The number of nitrogens with zero attached hydrogens (tertiary/aromatic N) is 2. The van der Waals surface area contributed by atoms with Crippen molar-refractivity contribution in [3.8, 4) is 0 Å². The van der Waals surface area contributed by atoms with E-state index in [1.165, 1.54) is 35.4 Å². The number of aromatic nitrogens is 2. The number of nitrogens with one attached hydrogen (secondary N) is 1. The molecule has 1 unspecified atom stereocenters. The van der Waals surface area contributed by atoms with Gasteiger partial charge in [-0.3, -0.25) is 10.1 Å². The molecule has 3 heterocycles. The summed E-state index contributed by atoms with van der Waals surface area (Å²) in [5, 5.41) is 3.64. The number of hydrogen-bond donors (Lipinski definition) is 1. The summed E-state index contributed by atoms with van der Waals surface area (Å²) in [4.78, 5) is 32.8. The van der Waals surface area contributed by atoms with Crippen molar-refractivity contribution >= 4 is 60.0 Å². The smallest absolute Gasteiger partial charge is 0.349 e. The van der Waals surface area contributed by atoms with Crippen molar-refractivity contribution in [3.63, 3.8) is 0 Å². The van der Waals surface area contributed by atoms with Crippen LogP contribution < -0.4 is 5.32 Å². The highest BCUT2D eigenvalue weighted by Gasteiger charge is 2.22. The predicted molar refractivity (Wildman–Crippen MR) is 103 cm³/mol. The Morgan fingerprint density at radius 3 is 2.65 bits per heavy atom. The van der Waals surface area contributed by atoms with Crippen LogP contribution in [0.15, 0.2) is 48.8 Å². The molecule has 0 aliphatic carbocycles. The van der Waals surface area contributed by atoms with Gasteiger partial charge in [0.25, 0.3) is 5.91 Å². The third-order valence-electron chi connectivity index (χ3n) is 3.70. The molecule has 0 aliphatic heterocycles. The van der Waals surface area contributed by atoms with Crippen LogP contribution in [0.3, 0.4) is 0 Å². The Bertz CT molecular complexity index is 1100. The fourth-order valence-corrected chi connectivity index (χ4v) is 4.86. The fraction of sp³-hybridized carbons (Fsp3) is 0.111. The lowest BCUT2D eigenvalue weighted by atomic mass is 10.2. The molecule has 0 saturated heterocycles. The molecule has 0 saturated carbocycles. The maximum absolute atomic E-state index is 12.4. The average molecular weight is 383 g/mol. The van der Waals surface area contributed by atoms with E-state index >= 15 is 0 Å². The number of amides is 1. The first-order valence-corrected chi connectivity index (χ1v) is 9.45. The highest BCUT2D eigenvalue weighted by atomic mass is 32.1. The zero-order valence-electron chi connectivity index (χ0n) is 13.6. The average Bonchev–Trinajstić information content (AvgIpc) is 3.20. The van der Waals surface area contributed by atoms with Crippen LogP contribution >= 0.6 is 22.7 Å². The molecule has 8 heteroatoms. The van der Waals surface area contributed by atoms with Crippen LogP contribution in [0.25, 0.3) is 19.5 Å². The van der Waals surface area contributed by atoms with E-state index in [0.29, 0.717) is 4.88 Å². The van der Waals surface area contributed by atoms with Gasteiger partial charge in [0.15, 0.2) is 6.10 Å². The number of benzene rings is 1. The Morgan fingerprint density at radius 2 is 1.85 bits per heavy atom. The van der Waals surface area contributed by atoms with Crippen LogP contribution in [0.5, 0.6) is 0 Å². The Kier molecular flexibility index (Phi) is 4.36. The summed E-state index contributed by atoms with van der Waals surface area (Å²) in [5.41, 5.74) is 0. The zero-order valence-corrected chi connectivity index (χ0v) is 15.3. The second kappa shape index (κ2) is 6.81. The van der Waals surface area contributed by atoms with Gasteiger partial charge in [-0.15, -0.1) is 22.7 Å². The summed E-state index contributed by atoms with van der Waals surface area (Å²) in [6.45, 7) is 1.52. The lowest BCUT2D eigenvalue weighted by Crippen LogP contribution is -2.30. The van der Waals surface area contributed by atoms with E-state index in [-0.39, 0.29) is 5.95 Å². The molecule has 1 amide bonds. The fourth-order valence-electron chi connectivity index (χ4n) is 2.45. The van der Waals surface area contributed by atoms with Crippen LogP contribution in [0.1, 0.15) is 16.6 Å². The number of carbonyl (C=O) groups excluding carboxylic acids is 2. The van der Waals surface area contributed by atoms with Crippen LogP contribution in [-0.2, 0) is 9.53 Å². The highest BCUT2D eigenvalue weighted by molar-refractivity contribution is 7.33. The largest absolute Gasteiger partial charge is 0.448 e. The first-order valence-electron chi connectivity index (χ1n) is 7.82. The number of anilines is 1. The molecule has 6 nitrogen and oxygen atoms in total. The molecule has 1 atom stereocenters. The monoisotopic (exact) mass is 383 g/mol. The molecule has 0 fully saturated rings. The minimum atomic E-state index is -0.955. The maximum Gasteiger partial charge on any atom is 0.349 e. The number of thiophene rings is 2. The van der Waals surface area contributed by atoms with Gasteiger partial charge in [0.1, 0.15) is 4.88 Å². The molecule has 26 heavy (non-hydrogen) atoms. The Balaban J connectivity index is 1.48. The van der Waals surface area contributed by atoms with Crippen LogP contribution in [0.2, 0.25) is 0 Å². The second-order valence-electron chi connectivity index (χ2n) is 5.51. The molecule has 0 radical (unpaired) electrons. The van der Waals surface area contributed by atoms with Crippen molar-refractivity contribution in [2.75, 3.05) is 5.32 Å². The quantitative estimate of drug-likeness (QED) is 0.537. The number of esters is 1. The Morgan fingerprint density at radius 1 is 1.08 bits per heavy atom. The standard InChI is InChI=1S/C18H13N3O3S2/c1-10(16(22)21-18-19-7-4-8-20-18)24-17(23)14-9-13-15(26-14)11-5-2-3-6-12(11)25-13/h2-10H,1H3,(H,19,20,21,22). The SMILES string of the molecule is CC(OC(=O)c1cc2sc3ccccc3c2s1)C(=O)Nc1ncccn1. The van der Waals surface area contributed by atoms with Gasteiger partial charge in [0, 0.05) is 27.2 Å². The van der Waals surface area contributed by atoms with Crippen molar-refractivity contribution < 1.29 is 14.3 Å². The van der Waals surface area contributed by atoms with E-state index in [9.17, 15) is 9.59 Å². The van der Waals surface area contributed by atoms with Crippen molar-refractivity contribution in [1.29, 1.82) is 0 Å². The van der Waals surface area contributed by atoms with Gasteiger partial charge in [-0.25, -0.2) is 14.8 Å². The van der Waals surface area contributed by atoms with Gasteiger partial charge in [0.05, 0.1) is 4.70 Å².